The summed E-state index contributed by atoms with van der Waals surface area (Å²) < 4.78 is 1.81. The number of hydrogen-bond acceptors (Lipinski definition) is 3. The zero-order valence-corrected chi connectivity index (χ0v) is 13.4. The highest BCUT2D eigenvalue weighted by Gasteiger charge is 2.08. The Kier molecular flexibility index (Phi) is 6.62. The minimum Gasteiger partial charge on any atom is -0.396 e. The highest BCUT2D eigenvalue weighted by atomic mass is 16.3. The Bertz CT molecular complexity index is 581. The van der Waals surface area contributed by atoms with Gasteiger partial charge < -0.3 is 15.7 Å². The second-order valence-corrected chi connectivity index (χ2v) is 5.38. The topological polar surface area (TPSA) is 79.2 Å². The molecular formula is C17H24N4O2. The van der Waals surface area contributed by atoms with Crippen molar-refractivity contribution in [1.82, 2.24) is 20.4 Å². The summed E-state index contributed by atoms with van der Waals surface area (Å²) in [6, 6.07) is 9.82. The van der Waals surface area contributed by atoms with Gasteiger partial charge in [-0.05, 0) is 43.0 Å². The van der Waals surface area contributed by atoms with Crippen molar-refractivity contribution < 1.29 is 9.90 Å². The summed E-state index contributed by atoms with van der Waals surface area (Å²) in [5.41, 5.74) is 2.17. The molecule has 2 amide bonds. The van der Waals surface area contributed by atoms with Crippen molar-refractivity contribution in [2.45, 2.75) is 32.2 Å². The van der Waals surface area contributed by atoms with E-state index in [9.17, 15) is 4.79 Å². The fraction of sp³-hybridized carbons (Fsp3) is 0.412. The van der Waals surface area contributed by atoms with Crippen LogP contribution in [0.2, 0.25) is 0 Å². The summed E-state index contributed by atoms with van der Waals surface area (Å²) in [7, 11) is 0. The number of nitrogens with zero attached hydrogens (tertiary/aromatic N) is 2. The molecule has 3 N–H and O–H groups in total. The van der Waals surface area contributed by atoms with E-state index in [4.69, 9.17) is 5.11 Å². The third-order valence-electron chi connectivity index (χ3n) is 3.71. The van der Waals surface area contributed by atoms with E-state index in [0.717, 1.165) is 24.1 Å². The number of amides is 2. The van der Waals surface area contributed by atoms with E-state index < -0.39 is 0 Å². The second kappa shape index (κ2) is 8.95. The lowest BCUT2D eigenvalue weighted by atomic mass is 10.1. The van der Waals surface area contributed by atoms with Crippen molar-refractivity contribution >= 4 is 6.03 Å². The maximum atomic E-state index is 11.8. The number of nitrogens with one attached hydrogen (secondary N) is 2. The van der Waals surface area contributed by atoms with Crippen molar-refractivity contribution in [2.24, 2.45) is 0 Å². The van der Waals surface area contributed by atoms with Crippen LogP contribution in [0.1, 0.15) is 25.3 Å². The Morgan fingerprint density at radius 2 is 2.13 bits per heavy atom. The molecule has 0 radical (unpaired) electrons. The summed E-state index contributed by atoms with van der Waals surface area (Å²) in [5.74, 6) is 0. The fourth-order valence-electron chi connectivity index (χ4n) is 2.33. The van der Waals surface area contributed by atoms with E-state index in [2.05, 4.69) is 15.7 Å². The number of benzene rings is 1. The van der Waals surface area contributed by atoms with Crippen LogP contribution < -0.4 is 10.6 Å². The first kappa shape index (κ1) is 17.0. The minimum atomic E-state index is -0.182. The Balaban J connectivity index is 1.74. The van der Waals surface area contributed by atoms with Gasteiger partial charge in [-0.1, -0.05) is 19.1 Å². The first-order valence-corrected chi connectivity index (χ1v) is 7.97. The molecule has 1 aromatic carbocycles. The van der Waals surface area contributed by atoms with Crippen molar-refractivity contribution in [3.05, 3.63) is 48.3 Å². The number of rotatable bonds is 8. The van der Waals surface area contributed by atoms with Crippen LogP contribution in [-0.2, 0) is 6.42 Å². The molecule has 0 saturated heterocycles. The molecule has 6 nitrogen and oxygen atoms in total. The summed E-state index contributed by atoms with van der Waals surface area (Å²) in [6.07, 6.45) is 5.81. The number of carbonyl (C=O) groups is 1. The number of carbonyl (C=O) groups excluding carboxylic acids is 1. The fourth-order valence-corrected chi connectivity index (χ4v) is 2.33. The Morgan fingerprint density at radius 3 is 2.74 bits per heavy atom. The Labute approximate surface area is 136 Å². The quantitative estimate of drug-likeness (QED) is 0.695. The number of hydrogen-bond donors (Lipinski definition) is 3. The van der Waals surface area contributed by atoms with E-state index in [1.807, 2.05) is 48.1 Å². The number of urea groups is 1. The summed E-state index contributed by atoms with van der Waals surface area (Å²) in [4.78, 5) is 11.8. The first-order valence-electron chi connectivity index (χ1n) is 7.97. The van der Waals surface area contributed by atoms with Gasteiger partial charge in [-0.15, -0.1) is 0 Å². The van der Waals surface area contributed by atoms with Gasteiger partial charge in [0.15, 0.2) is 0 Å². The Hall–Kier alpha value is -2.34. The third-order valence-corrected chi connectivity index (χ3v) is 3.71. The van der Waals surface area contributed by atoms with Crippen LogP contribution in [0, 0.1) is 0 Å². The molecule has 2 aromatic rings. The van der Waals surface area contributed by atoms with Crippen LogP contribution in [0.4, 0.5) is 4.79 Å². The monoisotopic (exact) mass is 316 g/mol. The summed E-state index contributed by atoms with van der Waals surface area (Å²) in [6.45, 7) is 2.64. The van der Waals surface area contributed by atoms with Crippen molar-refractivity contribution in [1.29, 1.82) is 0 Å². The van der Waals surface area contributed by atoms with Gasteiger partial charge in [0.2, 0.25) is 0 Å². The molecule has 6 heteroatoms. The third kappa shape index (κ3) is 5.41. The second-order valence-electron chi connectivity index (χ2n) is 5.38. The van der Waals surface area contributed by atoms with Crippen LogP contribution in [0.15, 0.2) is 42.7 Å². The predicted molar refractivity (Wildman–Crippen MR) is 89.6 cm³/mol. The normalized spacial score (nSPS) is 11.9. The van der Waals surface area contributed by atoms with E-state index in [1.165, 1.54) is 0 Å². The van der Waals surface area contributed by atoms with Gasteiger partial charge in [0.1, 0.15) is 0 Å². The minimum absolute atomic E-state index is 0.0216. The predicted octanol–water partition coefficient (Wildman–Crippen LogP) is 1.87. The lowest BCUT2D eigenvalue weighted by molar-refractivity contribution is 0.228. The molecule has 0 aliphatic heterocycles. The van der Waals surface area contributed by atoms with Gasteiger partial charge in [-0.25, -0.2) is 9.48 Å². The van der Waals surface area contributed by atoms with Crippen molar-refractivity contribution in [3.8, 4) is 5.69 Å². The molecule has 23 heavy (non-hydrogen) atoms. The number of aliphatic hydroxyl groups is 1. The van der Waals surface area contributed by atoms with Gasteiger partial charge in [0.25, 0.3) is 0 Å². The lowest BCUT2D eigenvalue weighted by Crippen LogP contribution is -2.42. The van der Waals surface area contributed by atoms with Gasteiger partial charge in [0.05, 0.1) is 5.69 Å². The first-order chi connectivity index (χ1) is 11.2. The van der Waals surface area contributed by atoms with E-state index >= 15 is 0 Å². The van der Waals surface area contributed by atoms with Crippen LogP contribution in [0.25, 0.3) is 5.69 Å². The van der Waals surface area contributed by atoms with Crippen LogP contribution in [-0.4, -0.2) is 40.1 Å². The van der Waals surface area contributed by atoms with E-state index in [1.54, 1.807) is 6.20 Å². The van der Waals surface area contributed by atoms with Crippen LogP contribution in [0.3, 0.4) is 0 Å². The molecule has 0 spiro atoms. The number of aromatic nitrogens is 2. The van der Waals surface area contributed by atoms with Crippen molar-refractivity contribution in [2.75, 3.05) is 13.2 Å². The molecule has 0 aliphatic carbocycles. The van der Waals surface area contributed by atoms with E-state index in [-0.39, 0.29) is 18.7 Å². The molecule has 124 valence electrons. The molecule has 2 rings (SSSR count). The van der Waals surface area contributed by atoms with Crippen molar-refractivity contribution in [3.63, 3.8) is 0 Å². The molecule has 0 saturated carbocycles. The zero-order chi connectivity index (χ0) is 16.5. The highest BCUT2D eigenvalue weighted by Crippen LogP contribution is 2.08. The standard InChI is InChI=1S/C17H24N4O2/c1-2-15(9-13-22)20-17(23)18-11-8-14-4-6-16(7-5-14)21-12-3-10-19-21/h3-7,10,12,15,22H,2,8-9,11,13H2,1H3,(H2,18,20,23). The van der Waals surface area contributed by atoms with Gasteiger partial charge in [-0.2, -0.15) is 5.10 Å². The molecule has 0 fully saturated rings. The van der Waals surface area contributed by atoms with Gasteiger partial charge >= 0.3 is 6.03 Å². The smallest absolute Gasteiger partial charge is 0.315 e. The lowest BCUT2D eigenvalue weighted by Gasteiger charge is -2.16. The number of aliphatic hydroxyl groups excluding tert-OH is 1. The molecule has 0 aliphatic rings. The SMILES string of the molecule is CCC(CCO)NC(=O)NCCc1ccc(-n2cccn2)cc1. The average Bonchev–Trinajstić information content (AvgIpc) is 3.09. The summed E-state index contributed by atoms with van der Waals surface area (Å²) >= 11 is 0. The van der Waals surface area contributed by atoms with E-state index in [0.29, 0.717) is 13.0 Å². The molecule has 1 atom stereocenters. The molecule has 1 unspecified atom stereocenters. The van der Waals surface area contributed by atoms with Crippen LogP contribution >= 0.6 is 0 Å². The highest BCUT2D eigenvalue weighted by molar-refractivity contribution is 5.74. The van der Waals surface area contributed by atoms with Gasteiger partial charge in [0, 0.05) is 31.6 Å². The summed E-state index contributed by atoms with van der Waals surface area (Å²) in [5, 5.41) is 18.8. The molecule has 0 bridgehead atoms. The zero-order valence-electron chi connectivity index (χ0n) is 13.4. The average molecular weight is 316 g/mol. The largest absolute Gasteiger partial charge is 0.396 e. The maximum absolute atomic E-state index is 11.8. The maximum Gasteiger partial charge on any atom is 0.315 e. The van der Waals surface area contributed by atoms with Crippen LogP contribution in [0.5, 0.6) is 0 Å². The van der Waals surface area contributed by atoms with Gasteiger partial charge in [-0.3, -0.25) is 0 Å². The Morgan fingerprint density at radius 1 is 1.35 bits per heavy atom. The molecule has 1 aromatic heterocycles. The molecular weight excluding hydrogens is 292 g/mol. The molecule has 1 heterocycles.